The van der Waals surface area contributed by atoms with Gasteiger partial charge < -0.3 is 10.1 Å². The van der Waals surface area contributed by atoms with E-state index in [1.807, 2.05) is 42.7 Å². The van der Waals surface area contributed by atoms with Crippen molar-refractivity contribution >= 4 is 40.0 Å². The van der Waals surface area contributed by atoms with Gasteiger partial charge in [-0.15, -0.1) is 28.1 Å². The molecule has 7 nitrogen and oxygen atoms in total. The Bertz CT molecular complexity index is 1100. The predicted octanol–water partition coefficient (Wildman–Crippen LogP) is 4.58. The van der Waals surface area contributed by atoms with Crippen molar-refractivity contribution < 1.29 is 14.3 Å². The van der Waals surface area contributed by atoms with Gasteiger partial charge in [-0.05, 0) is 25.0 Å². The van der Waals surface area contributed by atoms with E-state index in [1.54, 1.807) is 12.1 Å². The molecule has 0 radical (unpaired) electrons. The zero-order valence-electron chi connectivity index (χ0n) is 17.7. The van der Waals surface area contributed by atoms with Crippen LogP contribution in [0.5, 0.6) is 0 Å². The minimum absolute atomic E-state index is 0.128. The Morgan fingerprint density at radius 1 is 1.32 bits per heavy atom. The summed E-state index contributed by atoms with van der Waals surface area (Å²) in [6.45, 7) is 8.36. The summed E-state index contributed by atoms with van der Waals surface area (Å²) in [5, 5.41) is 12.6. The van der Waals surface area contributed by atoms with E-state index in [4.69, 9.17) is 4.74 Å². The number of carbonyl (C=O) groups excluding carboxylic acids is 2. The lowest BCUT2D eigenvalue weighted by Crippen LogP contribution is -2.16. The van der Waals surface area contributed by atoms with E-state index in [-0.39, 0.29) is 11.7 Å². The normalized spacial score (nSPS) is 10.7. The number of benzene rings is 1. The summed E-state index contributed by atoms with van der Waals surface area (Å²) in [5.74, 6) is 0.167. The second kappa shape index (κ2) is 10.4. The first-order chi connectivity index (χ1) is 15.0. The first-order valence-corrected chi connectivity index (χ1v) is 11.5. The van der Waals surface area contributed by atoms with Crippen LogP contribution < -0.4 is 5.32 Å². The lowest BCUT2D eigenvalue weighted by Gasteiger charge is -2.09. The highest BCUT2D eigenvalue weighted by Gasteiger charge is 2.20. The van der Waals surface area contributed by atoms with Crippen molar-refractivity contribution in [1.82, 2.24) is 14.8 Å². The predicted molar refractivity (Wildman–Crippen MR) is 125 cm³/mol. The summed E-state index contributed by atoms with van der Waals surface area (Å²) in [5.41, 5.74) is 2.45. The number of nitrogens with one attached hydrogen (secondary N) is 1. The molecule has 1 aromatic carbocycles. The van der Waals surface area contributed by atoms with Gasteiger partial charge in [-0.1, -0.05) is 49.0 Å². The summed E-state index contributed by atoms with van der Waals surface area (Å²) < 4.78 is 6.76. The number of hydrogen-bond donors (Lipinski definition) is 1. The fraction of sp³-hybridized carbons (Fsp3) is 0.273. The Balaban J connectivity index is 1.75. The number of allylic oxidation sites excluding steroid dienone is 1. The number of rotatable bonds is 9. The Morgan fingerprint density at radius 3 is 2.77 bits per heavy atom. The number of nitrogens with zero attached hydrogens (tertiary/aromatic N) is 3. The first-order valence-electron chi connectivity index (χ1n) is 9.72. The van der Waals surface area contributed by atoms with Crippen LogP contribution in [-0.4, -0.2) is 39.5 Å². The zero-order valence-corrected chi connectivity index (χ0v) is 19.3. The van der Waals surface area contributed by atoms with Crippen molar-refractivity contribution in [3.63, 3.8) is 0 Å². The monoisotopic (exact) mass is 456 g/mol. The summed E-state index contributed by atoms with van der Waals surface area (Å²) in [7, 11) is 1.32. The molecule has 3 aromatic rings. The van der Waals surface area contributed by atoms with Crippen molar-refractivity contribution in [2.24, 2.45) is 0 Å². The molecule has 0 unspecified atom stereocenters. The highest BCUT2D eigenvalue weighted by molar-refractivity contribution is 7.99. The largest absolute Gasteiger partial charge is 0.465 e. The van der Waals surface area contributed by atoms with Crippen molar-refractivity contribution in [2.75, 3.05) is 18.2 Å². The first kappa shape index (κ1) is 22.8. The molecule has 9 heteroatoms. The number of esters is 1. The number of thiophene rings is 1. The van der Waals surface area contributed by atoms with Crippen LogP contribution in [0, 0.1) is 6.92 Å². The van der Waals surface area contributed by atoms with Crippen molar-refractivity contribution in [2.45, 2.75) is 32.0 Å². The molecule has 0 saturated heterocycles. The third-order valence-corrected chi connectivity index (χ3v) is 6.70. The minimum Gasteiger partial charge on any atom is -0.465 e. The Labute approximate surface area is 189 Å². The maximum Gasteiger partial charge on any atom is 0.340 e. The molecule has 0 fully saturated rings. The second-order valence-electron chi connectivity index (χ2n) is 6.66. The number of ether oxygens (including phenoxy) is 1. The summed E-state index contributed by atoms with van der Waals surface area (Å²) in [6.07, 6.45) is 2.54. The maximum absolute atomic E-state index is 12.6. The standard InChI is InChI=1S/C22H24N4O3S2/c1-5-11-26-19(16-10-8-7-9-14(16)3)24-25-22(26)30-13-18(27)23-20-17(21(28)29-4)12-15(6-2)31-20/h5,7-10,12H,1,6,11,13H2,2-4H3,(H,23,27). The Hall–Kier alpha value is -2.91. The third-order valence-electron chi connectivity index (χ3n) is 4.54. The molecule has 3 rings (SSSR count). The smallest absolute Gasteiger partial charge is 0.340 e. The van der Waals surface area contributed by atoms with Crippen LogP contribution in [0.15, 0.2) is 48.1 Å². The van der Waals surface area contributed by atoms with E-state index in [2.05, 4.69) is 22.1 Å². The van der Waals surface area contributed by atoms with E-state index >= 15 is 0 Å². The quantitative estimate of drug-likeness (QED) is 0.288. The third kappa shape index (κ3) is 5.23. The van der Waals surface area contributed by atoms with E-state index in [0.717, 1.165) is 28.2 Å². The number of hydrogen-bond acceptors (Lipinski definition) is 7. The average molecular weight is 457 g/mol. The molecule has 0 bridgehead atoms. The van der Waals surface area contributed by atoms with Gasteiger partial charge in [-0.25, -0.2) is 4.79 Å². The molecule has 0 atom stereocenters. The summed E-state index contributed by atoms with van der Waals surface area (Å²) in [6, 6.07) is 9.71. The van der Waals surface area contributed by atoms with Gasteiger partial charge in [0.1, 0.15) is 5.00 Å². The lowest BCUT2D eigenvalue weighted by molar-refractivity contribution is -0.113. The van der Waals surface area contributed by atoms with Gasteiger partial charge in [0.15, 0.2) is 11.0 Å². The maximum atomic E-state index is 12.6. The molecular formula is C22H24N4O3S2. The molecule has 1 N–H and O–H groups in total. The fourth-order valence-electron chi connectivity index (χ4n) is 2.98. The van der Waals surface area contributed by atoms with Crippen molar-refractivity contribution in [3.05, 3.63) is 59.0 Å². The molecule has 0 aliphatic carbocycles. The minimum atomic E-state index is -0.465. The number of aryl methyl sites for hydroxylation is 2. The second-order valence-corrected chi connectivity index (χ2v) is 8.74. The Morgan fingerprint density at radius 2 is 2.10 bits per heavy atom. The summed E-state index contributed by atoms with van der Waals surface area (Å²) in [4.78, 5) is 25.6. The lowest BCUT2D eigenvalue weighted by atomic mass is 10.1. The van der Waals surface area contributed by atoms with Crippen molar-refractivity contribution in [3.8, 4) is 11.4 Å². The molecular weight excluding hydrogens is 432 g/mol. The zero-order chi connectivity index (χ0) is 22.4. The molecule has 31 heavy (non-hydrogen) atoms. The number of anilines is 1. The average Bonchev–Trinajstić information content (AvgIpc) is 3.36. The van der Waals surface area contributed by atoms with Crippen LogP contribution in [0.2, 0.25) is 0 Å². The van der Waals surface area contributed by atoms with Gasteiger partial charge in [0.25, 0.3) is 0 Å². The molecule has 0 spiro atoms. The van der Waals surface area contributed by atoms with Gasteiger partial charge in [0, 0.05) is 17.0 Å². The van der Waals surface area contributed by atoms with Gasteiger partial charge in [0.2, 0.25) is 5.91 Å². The van der Waals surface area contributed by atoms with E-state index in [9.17, 15) is 9.59 Å². The van der Waals surface area contributed by atoms with Crippen LogP contribution in [0.4, 0.5) is 5.00 Å². The Kier molecular flexibility index (Phi) is 7.64. The molecule has 0 saturated carbocycles. The SMILES string of the molecule is C=CCn1c(SCC(=O)Nc2sc(CC)cc2C(=O)OC)nnc1-c1ccccc1C. The highest BCUT2D eigenvalue weighted by atomic mass is 32.2. The van der Waals surface area contributed by atoms with E-state index in [0.29, 0.717) is 22.3 Å². The molecule has 0 aliphatic rings. The van der Waals surface area contributed by atoms with E-state index in [1.165, 1.54) is 30.2 Å². The number of aromatic nitrogens is 3. The van der Waals surface area contributed by atoms with Crippen molar-refractivity contribution in [1.29, 1.82) is 0 Å². The van der Waals surface area contributed by atoms with Gasteiger partial charge in [-0.2, -0.15) is 0 Å². The topological polar surface area (TPSA) is 86.1 Å². The van der Waals surface area contributed by atoms with Crippen LogP contribution in [0.3, 0.4) is 0 Å². The number of thioether (sulfide) groups is 1. The van der Waals surface area contributed by atoms with Gasteiger partial charge >= 0.3 is 5.97 Å². The molecule has 2 aromatic heterocycles. The van der Waals surface area contributed by atoms with Crippen LogP contribution in [0.1, 0.15) is 27.7 Å². The van der Waals surface area contributed by atoms with Crippen LogP contribution >= 0.6 is 23.1 Å². The molecule has 1 amide bonds. The molecule has 0 aliphatic heterocycles. The van der Waals surface area contributed by atoms with Gasteiger partial charge in [-0.3, -0.25) is 9.36 Å². The van der Waals surface area contributed by atoms with Crippen LogP contribution in [0.25, 0.3) is 11.4 Å². The number of amides is 1. The molecule has 2 heterocycles. The van der Waals surface area contributed by atoms with E-state index < -0.39 is 5.97 Å². The van der Waals surface area contributed by atoms with Gasteiger partial charge in [0.05, 0.1) is 18.4 Å². The number of carbonyl (C=O) groups is 2. The fourth-order valence-corrected chi connectivity index (χ4v) is 4.72. The summed E-state index contributed by atoms with van der Waals surface area (Å²) >= 11 is 2.67. The highest BCUT2D eigenvalue weighted by Crippen LogP contribution is 2.30. The van der Waals surface area contributed by atoms with Crippen LogP contribution in [-0.2, 0) is 22.5 Å². The number of methoxy groups -OCH3 is 1. The molecule has 162 valence electrons.